The molecule has 2 aromatic heterocycles. The first-order valence-corrected chi connectivity index (χ1v) is 9.20. The monoisotopic (exact) mass is 353 g/mol. The molecule has 0 amide bonds. The van der Waals surface area contributed by atoms with E-state index in [0.29, 0.717) is 11.6 Å². The maximum absolute atomic E-state index is 12.6. The molecule has 1 fully saturated rings. The Morgan fingerprint density at radius 3 is 2.92 bits per heavy atom. The maximum Gasteiger partial charge on any atom is 0.339 e. The highest BCUT2D eigenvalue weighted by atomic mass is 32.1. The summed E-state index contributed by atoms with van der Waals surface area (Å²) in [5.74, 6) is -0.341. The van der Waals surface area contributed by atoms with E-state index >= 15 is 0 Å². The van der Waals surface area contributed by atoms with Gasteiger partial charge in [-0.2, -0.15) is 0 Å². The van der Waals surface area contributed by atoms with Gasteiger partial charge in [-0.15, -0.1) is 11.3 Å². The summed E-state index contributed by atoms with van der Waals surface area (Å²) in [6.45, 7) is 2.06. The summed E-state index contributed by atoms with van der Waals surface area (Å²) >= 11 is 1.59. The van der Waals surface area contributed by atoms with Gasteiger partial charge in [-0.25, -0.2) is 9.78 Å². The second kappa shape index (κ2) is 6.44. The number of hydrogen-bond acceptors (Lipinski definition) is 6. The van der Waals surface area contributed by atoms with Gasteiger partial charge in [-0.05, 0) is 31.9 Å². The van der Waals surface area contributed by atoms with E-state index in [1.807, 2.05) is 36.6 Å². The number of aryl methyl sites for hydroxylation is 1. The Hall–Kier alpha value is -2.47. The lowest BCUT2D eigenvalue weighted by atomic mass is 10.1. The van der Waals surface area contributed by atoms with Crippen LogP contribution in [0.25, 0.3) is 10.9 Å². The smallest absolute Gasteiger partial charge is 0.339 e. The summed E-state index contributed by atoms with van der Waals surface area (Å²) in [4.78, 5) is 23.8. The fourth-order valence-electron chi connectivity index (χ4n) is 2.84. The molecule has 3 aromatic rings. The van der Waals surface area contributed by atoms with Crippen molar-refractivity contribution in [1.29, 1.82) is 0 Å². The predicted octanol–water partition coefficient (Wildman–Crippen LogP) is 3.96. The molecule has 128 valence electrons. The number of esters is 1. The van der Waals surface area contributed by atoms with Crippen LogP contribution in [0.1, 0.15) is 34.6 Å². The summed E-state index contributed by atoms with van der Waals surface area (Å²) in [7, 11) is 2.07. The molecule has 0 bridgehead atoms. The molecule has 1 aromatic carbocycles. The minimum absolute atomic E-state index is 0.184. The summed E-state index contributed by atoms with van der Waals surface area (Å²) in [5.41, 5.74) is 2.94. The molecule has 6 heteroatoms. The van der Waals surface area contributed by atoms with E-state index in [4.69, 9.17) is 4.74 Å². The lowest BCUT2D eigenvalue weighted by molar-refractivity contribution is 0.0470. The Morgan fingerprint density at radius 2 is 2.12 bits per heavy atom. The molecule has 0 unspecified atom stereocenters. The number of rotatable bonds is 5. The summed E-state index contributed by atoms with van der Waals surface area (Å²) < 4.78 is 5.51. The van der Waals surface area contributed by atoms with E-state index in [0.717, 1.165) is 27.4 Å². The van der Waals surface area contributed by atoms with E-state index < -0.39 is 0 Å². The van der Waals surface area contributed by atoms with Crippen molar-refractivity contribution in [2.45, 2.75) is 32.4 Å². The maximum atomic E-state index is 12.6. The van der Waals surface area contributed by atoms with Crippen molar-refractivity contribution in [3.05, 3.63) is 52.7 Å². The fraction of sp³-hybridized carbons (Fsp3) is 0.316. The van der Waals surface area contributed by atoms with Crippen LogP contribution in [0.2, 0.25) is 0 Å². The number of anilines is 1. The topological polar surface area (TPSA) is 55.3 Å². The largest absolute Gasteiger partial charge is 0.456 e. The fourth-order valence-corrected chi connectivity index (χ4v) is 3.68. The van der Waals surface area contributed by atoms with Gasteiger partial charge in [0.2, 0.25) is 0 Å². The molecule has 2 heterocycles. The van der Waals surface area contributed by atoms with E-state index in [2.05, 4.69) is 21.9 Å². The molecule has 0 N–H and O–H groups in total. The van der Waals surface area contributed by atoms with E-state index in [1.54, 1.807) is 17.4 Å². The number of benzene rings is 1. The quantitative estimate of drug-likeness (QED) is 0.650. The Labute approximate surface area is 150 Å². The highest BCUT2D eigenvalue weighted by molar-refractivity contribution is 7.13. The first-order valence-electron chi connectivity index (χ1n) is 8.32. The number of pyridine rings is 1. The average Bonchev–Trinajstić information content (AvgIpc) is 3.36. The van der Waals surface area contributed by atoms with Crippen LogP contribution >= 0.6 is 11.3 Å². The number of hydrogen-bond donors (Lipinski definition) is 0. The van der Waals surface area contributed by atoms with E-state index in [1.165, 1.54) is 12.8 Å². The minimum atomic E-state index is -0.341. The van der Waals surface area contributed by atoms with Crippen LogP contribution in [0, 0.1) is 6.92 Å². The molecule has 1 saturated carbocycles. The van der Waals surface area contributed by atoms with Gasteiger partial charge < -0.3 is 9.64 Å². The lowest BCUT2D eigenvalue weighted by Gasteiger charge is -2.13. The van der Waals surface area contributed by atoms with Gasteiger partial charge >= 0.3 is 5.97 Å². The molecule has 5 nitrogen and oxygen atoms in total. The Morgan fingerprint density at radius 1 is 1.32 bits per heavy atom. The molecule has 0 atom stereocenters. The third-order valence-corrected chi connectivity index (χ3v) is 5.33. The molecule has 25 heavy (non-hydrogen) atoms. The molecular formula is C19H19N3O2S. The second-order valence-electron chi connectivity index (χ2n) is 6.37. The van der Waals surface area contributed by atoms with Crippen LogP contribution in [0.5, 0.6) is 0 Å². The van der Waals surface area contributed by atoms with Crippen LogP contribution in [0.15, 0.2) is 35.7 Å². The van der Waals surface area contributed by atoms with Crippen LogP contribution in [0.4, 0.5) is 5.13 Å². The number of thiazole rings is 1. The van der Waals surface area contributed by atoms with Crippen molar-refractivity contribution in [2.24, 2.45) is 0 Å². The number of carbonyl (C=O) groups is 1. The molecule has 0 radical (unpaired) electrons. The molecule has 0 aliphatic heterocycles. The van der Waals surface area contributed by atoms with Crippen molar-refractivity contribution >= 4 is 33.3 Å². The van der Waals surface area contributed by atoms with Crippen molar-refractivity contribution in [3.63, 3.8) is 0 Å². The van der Waals surface area contributed by atoms with Crippen molar-refractivity contribution in [2.75, 3.05) is 11.9 Å². The summed E-state index contributed by atoms with van der Waals surface area (Å²) in [5, 5.41) is 3.75. The second-order valence-corrected chi connectivity index (χ2v) is 7.20. The molecule has 1 aliphatic rings. The zero-order valence-electron chi connectivity index (χ0n) is 14.2. The predicted molar refractivity (Wildman–Crippen MR) is 99.1 cm³/mol. The number of fused-ring (bicyclic) bond motifs is 1. The van der Waals surface area contributed by atoms with Gasteiger partial charge in [0.05, 0.1) is 16.8 Å². The van der Waals surface area contributed by atoms with Crippen LogP contribution in [-0.4, -0.2) is 29.0 Å². The van der Waals surface area contributed by atoms with Crippen molar-refractivity contribution < 1.29 is 9.53 Å². The normalized spacial score (nSPS) is 13.8. The third-order valence-electron chi connectivity index (χ3n) is 4.35. The van der Waals surface area contributed by atoms with Crippen LogP contribution < -0.4 is 4.90 Å². The molecule has 0 saturated heterocycles. The lowest BCUT2D eigenvalue weighted by Crippen LogP contribution is -2.19. The van der Waals surface area contributed by atoms with Gasteiger partial charge in [0.25, 0.3) is 0 Å². The van der Waals surface area contributed by atoms with Gasteiger partial charge in [-0.3, -0.25) is 4.98 Å². The van der Waals surface area contributed by atoms with Crippen molar-refractivity contribution in [3.8, 4) is 0 Å². The summed E-state index contributed by atoms with van der Waals surface area (Å²) in [6.07, 6.45) is 2.46. The molecule has 0 spiro atoms. The molecular weight excluding hydrogens is 334 g/mol. The Bertz CT molecular complexity index is 933. The van der Waals surface area contributed by atoms with Gasteiger partial charge in [-0.1, -0.05) is 18.2 Å². The standard InChI is InChI=1S/C19H19N3O2S/c1-12-9-16(15-5-3-4-6-17(15)20-12)18(23)24-10-13-11-25-19(21-13)22(2)14-7-8-14/h3-6,9,11,14H,7-8,10H2,1-2H3. The zero-order chi connectivity index (χ0) is 17.4. The van der Waals surface area contributed by atoms with E-state index in [-0.39, 0.29) is 12.6 Å². The van der Waals surface area contributed by atoms with Gasteiger partial charge in [0.15, 0.2) is 5.13 Å². The molecule has 1 aliphatic carbocycles. The minimum Gasteiger partial charge on any atom is -0.456 e. The number of aromatic nitrogens is 2. The van der Waals surface area contributed by atoms with E-state index in [9.17, 15) is 4.79 Å². The van der Waals surface area contributed by atoms with Crippen LogP contribution in [0.3, 0.4) is 0 Å². The SMILES string of the molecule is Cc1cc(C(=O)OCc2csc(N(C)C3CC3)n2)c2ccccc2n1. The first kappa shape index (κ1) is 16.0. The average molecular weight is 353 g/mol. The zero-order valence-corrected chi connectivity index (χ0v) is 15.0. The highest BCUT2D eigenvalue weighted by Crippen LogP contribution is 2.32. The third kappa shape index (κ3) is 3.35. The Kier molecular flexibility index (Phi) is 4.13. The number of ether oxygens (including phenoxy) is 1. The first-order chi connectivity index (χ1) is 12.1. The van der Waals surface area contributed by atoms with Gasteiger partial charge in [0.1, 0.15) is 6.61 Å². The van der Waals surface area contributed by atoms with Crippen LogP contribution in [-0.2, 0) is 11.3 Å². The highest BCUT2D eigenvalue weighted by Gasteiger charge is 2.28. The summed E-state index contributed by atoms with van der Waals surface area (Å²) in [6, 6.07) is 10.0. The number of para-hydroxylation sites is 1. The molecule has 4 rings (SSSR count). The Balaban J connectivity index is 1.49. The van der Waals surface area contributed by atoms with Crippen molar-refractivity contribution in [1.82, 2.24) is 9.97 Å². The van der Waals surface area contributed by atoms with Gasteiger partial charge in [0, 0.05) is 29.5 Å². The number of carbonyl (C=O) groups excluding carboxylic acids is 1. The number of nitrogens with zero attached hydrogens (tertiary/aromatic N) is 3.